The second-order valence-electron chi connectivity index (χ2n) is 8.32. The normalized spacial score (nSPS) is 11.1. The molecular weight excluding hydrogens is 482 g/mol. The third-order valence-electron chi connectivity index (χ3n) is 5.76. The molecule has 0 atom stereocenters. The molecule has 7 nitrogen and oxygen atoms in total. The van der Waals surface area contributed by atoms with E-state index in [-0.39, 0.29) is 0 Å². The fourth-order valence-electron chi connectivity index (χ4n) is 3.96. The summed E-state index contributed by atoms with van der Waals surface area (Å²) in [6.07, 6.45) is 0.944. The maximum absolute atomic E-state index is 12.0. The molecule has 0 saturated carbocycles. The molecule has 0 fully saturated rings. The summed E-state index contributed by atoms with van der Waals surface area (Å²) in [6, 6.07) is 22.5. The van der Waals surface area contributed by atoms with Crippen LogP contribution >= 0.6 is 11.3 Å². The smallest absolute Gasteiger partial charge is 0.350 e. The van der Waals surface area contributed by atoms with Crippen LogP contribution in [-0.2, 0) is 11.2 Å². The van der Waals surface area contributed by atoms with Crippen molar-refractivity contribution in [3.8, 4) is 5.69 Å². The lowest BCUT2D eigenvalue weighted by Gasteiger charge is -2.08. The number of aryl methyl sites for hydroxylation is 2. The maximum Gasteiger partial charge on any atom is 0.350 e. The van der Waals surface area contributed by atoms with Crippen LogP contribution in [0.2, 0.25) is 0 Å². The summed E-state index contributed by atoms with van der Waals surface area (Å²) in [7, 11) is 1.36. The monoisotopic (exact) mass is 512 g/mol. The van der Waals surface area contributed by atoms with Crippen molar-refractivity contribution in [2.75, 3.05) is 13.7 Å². The number of ether oxygens (including phenoxy) is 1. The Hall–Kier alpha value is -4.01. The third-order valence-corrected chi connectivity index (χ3v) is 6.64. The highest BCUT2D eigenvalue weighted by Crippen LogP contribution is 2.31. The summed E-state index contributed by atoms with van der Waals surface area (Å²) in [5, 5.41) is 10.7. The average Bonchev–Trinajstić information content (AvgIpc) is 3.39. The van der Waals surface area contributed by atoms with Gasteiger partial charge in [0.25, 0.3) is 0 Å². The minimum atomic E-state index is -0.413. The number of aromatic nitrogens is 2. The van der Waals surface area contributed by atoms with Crippen molar-refractivity contribution < 1.29 is 14.1 Å². The van der Waals surface area contributed by atoms with Crippen molar-refractivity contribution in [1.29, 1.82) is 0 Å². The highest BCUT2D eigenvalue weighted by Gasteiger charge is 2.21. The summed E-state index contributed by atoms with van der Waals surface area (Å²) >= 11 is 1.29. The number of azo groups is 1. The van der Waals surface area contributed by atoms with Gasteiger partial charge in [-0.3, -0.25) is 0 Å². The second-order valence-corrected chi connectivity index (χ2v) is 9.24. The Morgan fingerprint density at radius 3 is 2.38 bits per heavy atom. The first-order valence-electron chi connectivity index (χ1n) is 12.1. The Morgan fingerprint density at radius 2 is 1.68 bits per heavy atom. The van der Waals surface area contributed by atoms with Gasteiger partial charge >= 0.3 is 5.97 Å². The number of thiophene rings is 1. The van der Waals surface area contributed by atoms with Gasteiger partial charge in [0.1, 0.15) is 21.6 Å². The van der Waals surface area contributed by atoms with Crippen LogP contribution in [0.1, 0.15) is 34.6 Å². The molecule has 2 N–H and O–H groups in total. The molecule has 2 aromatic heterocycles. The summed E-state index contributed by atoms with van der Waals surface area (Å²) in [5.41, 5.74) is 13.1. The van der Waals surface area contributed by atoms with Crippen molar-refractivity contribution >= 4 is 50.7 Å². The molecule has 37 heavy (non-hydrogen) atoms. The van der Waals surface area contributed by atoms with Gasteiger partial charge in [-0.05, 0) is 54.6 Å². The summed E-state index contributed by atoms with van der Waals surface area (Å²) in [4.78, 5) is 17.4. The van der Waals surface area contributed by atoms with Crippen LogP contribution in [0.3, 0.4) is 0 Å². The number of para-hydroxylation sites is 1. The Morgan fingerprint density at radius 1 is 0.973 bits per heavy atom. The highest BCUT2D eigenvalue weighted by molar-refractivity contribution is 7.12. The van der Waals surface area contributed by atoms with Gasteiger partial charge in [0, 0.05) is 24.3 Å². The Balaban J connectivity index is 0.00000102. The fourth-order valence-corrected chi connectivity index (χ4v) is 4.70. The van der Waals surface area contributed by atoms with Gasteiger partial charge < -0.3 is 10.5 Å². The van der Waals surface area contributed by atoms with Gasteiger partial charge in [-0.2, -0.15) is 0 Å². The van der Waals surface area contributed by atoms with Crippen molar-refractivity contribution in [1.82, 2.24) is 4.98 Å². The molecule has 5 rings (SSSR count). The van der Waals surface area contributed by atoms with Crippen LogP contribution < -0.4 is 10.3 Å². The number of esters is 1. The minimum absolute atomic E-state index is 0.413. The van der Waals surface area contributed by atoms with E-state index in [0.29, 0.717) is 16.3 Å². The van der Waals surface area contributed by atoms with E-state index in [1.54, 1.807) is 11.4 Å². The zero-order valence-electron chi connectivity index (χ0n) is 21.4. The molecule has 0 aliphatic heterocycles. The first-order valence-corrected chi connectivity index (χ1v) is 13.0. The first-order chi connectivity index (χ1) is 18.0. The van der Waals surface area contributed by atoms with E-state index in [9.17, 15) is 4.79 Å². The van der Waals surface area contributed by atoms with E-state index in [1.165, 1.54) is 24.0 Å². The molecule has 3 aromatic carbocycles. The number of hydrogen-bond acceptors (Lipinski definition) is 7. The number of benzene rings is 3. The van der Waals surface area contributed by atoms with Crippen LogP contribution in [-0.4, -0.2) is 24.6 Å². The van der Waals surface area contributed by atoms with Crippen molar-refractivity contribution in [3.05, 3.63) is 88.1 Å². The molecular formula is C29H30N5O2S+. The van der Waals surface area contributed by atoms with Crippen molar-refractivity contribution in [2.24, 2.45) is 16.0 Å². The standard InChI is InChI=1S/C27H23N4O2S.C2H7N/c1-4-18-10-11-20-24(15-18)31(19-8-6-5-7-9-19)25-16-22(17(2)14-23(25)28-20)30-29-21-12-13-34-26(21)27(32)33-3;1-2-3/h5-16H,4H2,1-3H3;2-3H2,1H3/q+1;. The molecule has 0 aliphatic carbocycles. The molecule has 188 valence electrons. The molecule has 0 spiro atoms. The number of hydrogen-bond donors (Lipinski definition) is 1. The molecule has 0 amide bonds. The van der Waals surface area contributed by atoms with Gasteiger partial charge in [0.15, 0.2) is 0 Å². The summed E-state index contributed by atoms with van der Waals surface area (Å²) in [5.74, 6) is -0.413. The molecule has 0 unspecified atom stereocenters. The lowest BCUT2D eigenvalue weighted by molar-refractivity contribution is -0.538. The Bertz CT molecular complexity index is 1580. The number of carbonyl (C=O) groups is 1. The van der Waals surface area contributed by atoms with Crippen LogP contribution in [0, 0.1) is 6.92 Å². The van der Waals surface area contributed by atoms with E-state index in [0.717, 1.165) is 46.3 Å². The fraction of sp³-hybridized carbons (Fsp3) is 0.207. The number of nitrogens with two attached hydrogens (primary N) is 1. The number of fused-ring (bicyclic) bond motifs is 2. The average molecular weight is 513 g/mol. The van der Waals surface area contributed by atoms with Crippen LogP contribution in [0.5, 0.6) is 0 Å². The molecule has 2 heterocycles. The molecule has 0 aliphatic rings. The van der Waals surface area contributed by atoms with E-state index in [2.05, 4.69) is 52.1 Å². The molecule has 0 radical (unpaired) electrons. The molecule has 5 aromatic rings. The SMILES string of the molecule is CCN.CCc1ccc2nc3cc(C)c(N=Nc4ccsc4C(=O)OC)cc3[n+](-c3ccccc3)c2c1. The Kier molecular flexibility index (Phi) is 8.32. The van der Waals surface area contributed by atoms with E-state index in [1.807, 2.05) is 44.2 Å². The van der Waals surface area contributed by atoms with E-state index < -0.39 is 5.97 Å². The van der Waals surface area contributed by atoms with Crippen molar-refractivity contribution in [3.63, 3.8) is 0 Å². The molecule has 8 heteroatoms. The quantitative estimate of drug-likeness (QED) is 0.122. The number of rotatable bonds is 5. The molecule has 0 saturated heterocycles. The summed E-state index contributed by atoms with van der Waals surface area (Å²) < 4.78 is 7.07. The van der Waals surface area contributed by atoms with Gasteiger partial charge in [-0.25, -0.2) is 9.78 Å². The zero-order valence-corrected chi connectivity index (χ0v) is 22.2. The van der Waals surface area contributed by atoms with Gasteiger partial charge in [-0.1, -0.05) is 38.1 Å². The van der Waals surface area contributed by atoms with E-state index in [4.69, 9.17) is 15.5 Å². The lowest BCUT2D eigenvalue weighted by Crippen LogP contribution is -2.33. The predicted octanol–water partition coefficient (Wildman–Crippen LogP) is 6.76. The van der Waals surface area contributed by atoms with Gasteiger partial charge in [0.05, 0.1) is 12.8 Å². The topological polar surface area (TPSA) is 93.8 Å². The number of methoxy groups -OCH3 is 1. The van der Waals surface area contributed by atoms with Crippen molar-refractivity contribution in [2.45, 2.75) is 27.2 Å². The van der Waals surface area contributed by atoms with Gasteiger partial charge in [-0.15, -0.1) is 26.1 Å². The Labute approximate surface area is 220 Å². The summed E-state index contributed by atoms with van der Waals surface area (Å²) in [6.45, 7) is 6.79. The predicted molar refractivity (Wildman–Crippen MR) is 149 cm³/mol. The highest BCUT2D eigenvalue weighted by atomic mass is 32.1. The lowest BCUT2D eigenvalue weighted by atomic mass is 10.1. The van der Waals surface area contributed by atoms with Gasteiger partial charge in [0.2, 0.25) is 16.7 Å². The van der Waals surface area contributed by atoms with Crippen LogP contribution in [0.25, 0.3) is 27.8 Å². The number of nitrogens with zero attached hydrogens (tertiary/aromatic N) is 4. The maximum atomic E-state index is 12.0. The van der Waals surface area contributed by atoms with Crippen LogP contribution in [0.15, 0.2) is 82.3 Å². The second kappa shape index (κ2) is 11.8. The van der Waals surface area contributed by atoms with E-state index >= 15 is 0 Å². The van der Waals surface area contributed by atoms with Crippen LogP contribution in [0.4, 0.5) is 11.4 Å². The molecule has 0 bridgehead atoms. The minimum Gasteiger partial charge on any atom is -0.465 e. The largest absolute Gasteiger partial charge is 0.465 e. The number of carbonyl (C=O) groups excluding carboxylic acids is 1. The zero-order chi connectivity index (χ0) is 26.4. The third kappa shape index (κ3) is 5.55. The first kappa shape index (κ1) is 26.1.